The van der Waals surface area contributed by atoms with E-state index in [-0.39, 0.29) is 17.0 Å². The maximum Gasteiger partial charge on any atom is 0.408 e. The number of carbonyl (C=O) groups excluding carboxylic acids is 1. The number of alkyl carbamates (subject to hydrolysis) is 1. The van der Waals surface area contributed by atoms with Crippen molar-refractivity contribution >= 4 is 17.4 Å². The van der Waals surface area contributed by atoms with Crippen LogP contribution in [0.15, 0.2) is 11.6 Å². The van der Waals surface area contributed by atoms with E-state index in [2.05, 4.69) is 10.3 Å². The molecule has 0 spiro atoms. The SMILES string of the molecule is CC(C)(C)OC(=O)NC12CC(c3nccs3)(C1)C2. The molecule has 0 radical (unpaired) electrons. The molecule has 1 amide bonds. The molecule has 1 heterocycles. The third-order valence-corrected chi connectivity index (χ3v) is 4.70. The topological polar surface area (TPSA) is 51.2 Å². The summed E-state index contributed by atoms with van der Waals surface area (Å²) in [7, 11) is 0. The number of ether oxygens (including phenoxy) is 1. The van der Waals surface area contributed by atoms with Gasteiger partial charge in [0.25, 0.3) is 0 Å². The zero-order chi connectivity index (χ0) is 13.0. The Hall–Kier alpha value is -1.10. The van der Waals surface area contributed by atoms with Gasteiger partial charge in [0.2, 0.25) is 0 Å². The molecule has 0 atom stereocenters. The lowest BCUT2D eigenvalue weighted by molar-refractivity contribution is -0.0884. The molecule has 2 bridgehead atoms. The Labute approximate surface area is 111 Å². The fourth-order valence-electron chi connectivity index (χ4n) is 3.15. The highest BCUT2D eigenvalue weighted by molar-refractivity contribution is 7.09. The standard InChI is InChI=1S/C13H18N2O2S/c1-11(2,3)17-10(16)15-13-6-12(7-13,8-13)9-14-4-5-18-9/h4-5H,6-8H2,1-3H3,(H,15,16). The molecule has 3 aliphatic carbocycles. The average Bonchev–Trinajstić information content (AvgIpc) is 2.57. The average molecular weight is 266 g/mol. The van der Waals surface area contributed by atoms with E-state index in [9.17, 15) is 4.79 Å². The third-order valence-electron chi connectivity index (χ3n) is 3.68. The van der Waals surface area contributed by atoms with Crippen LogP contribution in [0.4, 0.5) is 4.79 Å². The van der Waals surface area contributed by atoms with Crippen molar-refractivity contribution in [2.75, 3.05) is 0 Å². The lowest BCUT2D eigenvalue weighted by atomic mass is 9.39. The normalized spacial score (nSPS) is 33.3. The predicted octanol–water partition coefficient (Wildman–Crippen LogP) is 2.84. The van der Waals surface area contributed by atoms with Gasteiger partial charge in [0, 0.05) is 22.5 Å². The Balaban J connectivity index is 1.56. The van der Waals surface area contributed by atoms with Crippen molar-refractivity contribution < 1.29 is 9.53 Å². The zero-order valence-corrected chi connectivity index (χ0v) is 11.8. The lowest BCUT2D eigenvalue weighted by Gasteiger charge is -2.69. The van der Waals surface area contributed by atoms with Gasteiger partial charge < -0.3 is 10.1 Å². The largest absolute Gasteiger partial charge is 0.444 e. The molecule has 0 aromatic carbocycles. The van der Waals surface area contributed by atoms with E-state index in [0.717, 1.165) is 19.3 Å². The van der Waals surface area contributed by atoms with Gasteiger partial charge >= 0.3 is 6.09 Å². The summed E-state index contributed by atoms with van der Waals surface area (Å²) >= 11 is 1.72. The Morgan fingerprint density at radius 1 is 1.44 bits per heavy atom. The molecule has 4 rings (SSSR count). The molecule has 98 valence electrons. The summed E-state index contributed by atoms with van der Waals surface area (Å²) in [5, 5.41) is 6.25. The second-order valence-electron chi connectivity index (χ2n) is 6.56. The molecular formula is C13H18N2O2S. The van der Waals surface area contributed by atoms with Crippen molar-refractivity contribution in [2.45, 2.75) is 56.6 Å². The smallest absolute Gasteiger partial charge is 0.408 e. The van der Waals surface area contributed by atoms with Gasteiger partial charge in [-0.05, 0) is 40.0 Å². The molecule has 3 saturated carbocycles. The van der Waals surface area contributed by atoms with Gasteiger partial charge in [-0.3, -0.25) is 0 Å². The minimum Gasteiger partial charge on any atom is -0.444 e. The van der Waals surface area contributed by atoms with E-state index in [1.165, 1.54) is 5.01 Å². The molecular weight excluding hydrogens is 248 g/mol. The summed E-state index contributed by atoms with van der Waals surface area (Å²) in [5.74, 6) is 0. The fourth-order valence-corrected chi connectivity index (χ4v) is 3.99. The maximum atomic E-state index is 11.7. The van der Waals surface area contributed by atoms with Gasteiger partial charge in [-0.25, -0.2) is 9.78 Å². The number of nitrogens with one attached hydrogen (secondary N) is 1. The number of amides is 1. The number of carbonyl (C=O) groups is 1. The zero-order valence-electron chi connectivity index (χ0n) is 10.9. The second-order valence-corrected chi connectivity index (χ2v) is 7.45. The summed E-state index contributed by atoms with van der Waals surface area (Å²) in [6, 6.07) is 0. The van der Waals surface area contributed by atoms with Gasteiger partial charge in [-0.15, -0.1) is 11.3 Å². The van der Waals surface area contributed by atoms with Crippen molar-refractivity contribution in [2.24, 2.45) is 0 Å². The molecule has 18 heavy (non-hydrogen) atoms. The van der Waals surface area contributed by atoms with E-state index >= 15 is 0 Å². The molecule has 0 aliphatic heterocycles. The van der Waals surface area contributed by atoms with Gasteiger partial charge in [-0.2, -0.15) is 0 Å². The summed E-state index contributed by atoms with van der Waals surface area (Å²) in [5.41, 5.74) is -0.197. The summed E-state index contributed by atoms with van der Waals surface area (Å²) in [6.07, 6.45) is 4.58. The van der Waals surface area contributed by atoms with Gasteiger partial charge in [0.1, 0.15) is 5.60 Å². The van der Waals surface area contributed by atoms with E-state index < -0.39 is 5.60 Å². The van der Waals surface area contributed by atoms with Gasteiger partial charge in [0.05, 0.1) is 5.01 Å². The number of thiazole rings is 1. The minimum absolute atomic E-state index is 0.0198. The first-order chi connectivity index (χ1) is 8.33. The molecule has 1 N–H and O–H groups in total. The Kier molecular flexibility index (Phi) is 2.31. The Bertz CT molecular complexity index is 456. The molecule has 0 saturated heterocycles. The van der Waals surface area contributed by atoms with Crippen LogP contribution in [0.3, 0.4) is 0 Å². The van der Waals surface area contributed by atoms with Crippen LogP contribution < -0.4 is 5.32 Å². The Morgan fingerprint density at radius 2 is 2.11 bits per heavy atom. The highest BCUT2D eigenvalue weighted by Gasteiger charge is 2.70. The van der Waals surface area contributed by atoms with E-state index in [4.69, 9.17) is 4.74 Å². The summed E-state index contributed by atoms with van der Waals surface area (Å²) in [4.78, 5) is 16.1. The Morgan fingerprint density at radius 3 is 2.61 bits per heavy atom. The lowest BCUT2D eigenvalue weighted by Crippen LogP contribution is -2.76. The first kappa shape index (κ1) is 12.0. The van der Waals surface area contributed by atoms with Crippen LogP contribution in [0.1, 0.15) is 45.0 Å². The van der Waals surface area contributed by atoms with E-state index in [1.54, 1.807) is 11.3 Å². The van der Waals surface area contributed by atoms with Crippen LogP contribution in [-0.4, -0.2) is 22.2 Å². The number of nitrogens with zero attached hydrogens (tertiary/aromatic N) is 1. The number of hydrogen-bond acceptors (Lipinski definition) is 4. The molecule has 5 heteroatoms. The molecule has 1 aromatic rings. The van der Waals surface area contributed by atoms with E-state index in [0.29, 0.717) is 0 Å². The van der Waals surface area contributed by atoms with Crippen LogP contribution in [0.25, 0.3) is 0 Å². The van der Waals surface area contributed by atoms with Gasteiger partial charge in [-0.1, -0.05) is 0 Å². The predicted molar refractivity (Wildman–Crippen MR) is 69.7 cm³/mol. The van der Waals surface area contributed by atoms with E-state index in [1.807, 2.05) is 32.3 Å². The quantitative estimate of drug-likeness (QED) is 0.895. The molecule has 4 nitrogen and oxygen atoms in total. The van der Waals surface area contributed by atoms with Crippen LogP contribution in [0, 0.1) is 0 Å². The van der Waals surface area contributed by atoms with Crippen LogP contribution >= 0.6 is 11.3 Å². The number of rotatable bonds is 2. The maximum absolute atomic E-state index is 11.7. The first-order valence-electron chi connectivity index (χ1n) is 6.24. The molecule has 1 aromatic heterocycles. The van der Waals surface area contributed by atoms with Crippen molar-refractivity contribution in [3.05, 3.63) is 16.6 Å². The third kappa shape index (κ3) is 1.81. The second kappa shape index (κ2) is 3.47. The highest BCUT2D eigenvalue weighted by Crippen LogP contribution is 2.68. The van der Waals surface area contributed by atoms with Crippen LogP contribution in [0.2, 0.25) is 0 Å². The number of aromatic nitrogens is 1. The van der Waals surface area contributed by atoms with Crippen molar-refractivity contribution in [3.63, 3.8) is 0 Å². The van der Waals surface area contributed by atoms with Crippen molar-refractivity contribution in [1.29, 1.82) is 0 Å². The highest BCUT2D eigenvalue weighted by atomic mass is 32.1. The summed E-state index contributed by atoms with van der Waals surface area (Å²) in [6.45, 7) is 5.64. The van der Waals surface area contributed by atoms with Gasteiger partial charge in [0.15, 0.2) is 0 Å². The monoisotopic (exact) mass is 266 g/mol. The van der Waals surface area contributed by atoms with Crippen LogP contribution in [0.5, 0.6) is 0 Å². The van der Waals surface area contributed by atoms with Crippen LogP contribution in [-0.2, 0) is 10.2 Å². The first-order valence-corrected chi connectivity index (χ1v) is 7.12. The van der Waals surface area contributed by atoms with Crippen molar-refractivity contribution in [3.8, 4) is 0 Å². The fraction of sp³-hybridized carbons (Fsp3) is 0.692. The molecule has 3 aliphatic rings. The summed E-state index contributed by atoms with van der Waals surface area (Å²) < 4.78 is 5.29. The van der Waals surface area contributed by atoms with Crippen molar-refractivity contribution in [1.82, 2.24) is 10.3 Å². The minimum atomic E-state index is -0.430. The molecule has 3 fully saturated rings. The number of hydrogen-bond donors (Lipinski definition) is 1. The molecule has 0 unspecified atom stereocenters.